The van der Waals surface area contributed by atoms with Crippen LogP contribution in [0.5, 0.6) is 0 Å². The third kappa shape index (κ3) is 4.86. The second-order valence-corrected chi connectivity index (χ2v) is 4.35. The molecule has 1 unspecified atom stereocenters. The van der Waals surface area contributed by atoms with Crippen molar-refractivity contribution < 1.29 is 9.53 Å². The summed E-state index contributed by atoms with van der Waals surface area (Å²) < 4.78 is 6.81. The van der Waals surface area contributed by atoms with Gasteiger partial charge in [0.2, 0.25) is 0 Å². The number of ether oxygens (including phenoxy) is 1. The van der Waals surface area contributed by atoms with Crippen molar-refractivity contribution in [2.24, 2.45) is 5.73 Å². The molecule has 2 rings (SSSR count). The number of hydrogen-bond donors (Lipinski definition) is 2. The molecule has 0 spiro atoms. The summed E-state index contributed by atoms with van der Waals surface area (Å²) in [6.07, 6.45) is 3.02. The lowest BCUT2D eigenvalue weighted by Gasteiger charge is -2.13. The number of carbonyl (C=O) groups excluding carboxylic acids is 1. The van der Waals surface area contributed by atoms with Gasteiger partial charge in [0.05, 0.1) is 6.54 Å². The predicted molar refractivity (Wildman–Crippen MR) is 83.5 cm³/mol. The minimum atomic E-state index is -0.626. The zero-order valence-electron chi connectivity index (χ0n) is 11.7. The standard InChI is InChI=1S/C14H18N4O2.ClH/c1-20-13(9-15)14(19)17-12-5-3-11(4-6-12)10-18-8-2-7-16-18;/h2-8,13H,9-10,15H2,1H3,(H,17,19);1H. The van der Waals surface area contributed by atoms with Gasteiger partial charge in [0.1, 0.15) is 6.10 Å². The predicted octanol–water partition coefficient (Wildman–Crippen LogP) is 1.27. The minimum Gasteiger partial charge on any atom is -0.370 e. The van der Waals surface area contributed by atoms with Gasteiger partial charge in [-0.15, -0.1) is 12.4 Å². The second kappa shape index (κ2) is 8.41. The molecule has 1 heterocycles. The van der Waals surface area contributed by atoms with E-state index in [1.54, 1.807) is 6.20 Å². The first-order valence-electron chi connectivity index (χ1n) is 6.33. The summed E-state index contributed by atoms with van der Waals surface area (Å²) in [5.74, 6) is -0.241. The van der Waals surface area contributed by atoms with Gasteiger partial charge in [-0.25, -0.2) is 0 Å². The Morgan fingerprint density at radius 2 is 2.14 bits per heavy atom. The van der Waals surface area contributed by atoms with Crippen molar-refractivity contribution in [2.75, 3.05) is 19.0 Å². The quantitative estimate of drug-likeness (QED) is 0.841. The Balaban J connectivity index is 0.00000220. The average Bonchev–Trinajstić information content (AvgIpc) is 2.95. The first-order chi connectivity index (χ1) is 9.72. The number of hydrogen-bond acceptors (Lipinski definition) is 4. The maximum atomic E-state index is 11.8. The Bertz CT molecular complexity index is 539. The van der Waals surface area contributed by atoms with E-state index < -0.39 is 6.10 Å². The van der Waals surface area contributed by atoms with Crippen LogP contribution in [0.4, 0.5) is 5.69 Å². The molecule has 0 bridgehead atoms. The highest BCUT2D eigenvalue weighted by Gasteiger charge is 2.15. The van der Waals surface area contributed by atoms with Crippen molar-refractivity contribution in [3.63, 3.8) is 0 Å². The van der Waals surface area contributed by atoms with E-state index in [-0.39, 0.29) is 24.9 Å². The summed E-state index contributed by atoms with van der Waals surface area (Å²) in [5.41, 5.74) is 7.26. The number of amides is 1. The summed E-state index contributed by atoms with van der Waals surface area (Å²) in [4.78, 5) is 11.8. The fourth-order valence-electron chi connectivity index (χ4n) is 1.81. The van der Waals surface area contributed by atoms with Crippen molar-refractivity contribution in [1.29, 1.82) is 0 Å². The van der Waals surface area contributed by atoms with Crippen molar-refractivity contribution in [1.82, 2.24) is 9.78 Å². The first kappa shape index (κ1) is 17.2. The summed E-state index contributed by atoms with van der Waals surface area (Å²) in [5, 5.41) is 6.91. The number of carbonyl (C=O) groups is 1. The van der Waals surface area contributed by atoms with Gasteiger partial charge in [-0.1, -0.05) is 12.1 Å². The van der Waals surface area contributed by atoms with E-state index >= 15 is 0 Å². The van der Waals surface area contributed by atoms with Gasteiger partial charge in [0.15, 0.2) is 0 Å². The SMILES string of the molecule is COC(CN)C(=O)Nc1ccc(Cn2cccn2)cc1.Cl. The maximum absolute atomic E-state index is 11.8. The van der Waals surface area contributed by atoms with Crippen LogP contribution in [0.15, 0.2) is 42.7 Å². The summed E-state index contributed by atoms with van der Waals surface area (Å²) >= 11 is 0. The van der Waals surface area contributed by atoms with Gasteiger partial charge in [0, 0.05) is 31.7 Å². The van der Waals surface area contributed by atoms with Gasteiger partial charge < -0.3 is 15.8 Å². The number of rotatable bonds is 6. The average molecular weight is 311 g/mol. The Morgan fingerprint density at radius 3 is 2.67 bits per heavy atom. The van der Waals surface area contributed by atoms with Crippen molar-refractivity contribution in [3.05, 3.63) is 48.3 Å². The first-order valence-corrected chi connectivity index (χ1v) is 6.33. The number of nitrogens with two attached hydrogens (primary N) is 1. The Hall–Kier alpha value is -1.89. The molecule has 2 aromatic rings. The Labute approximate surface area is 129 Å². The van der Waals surface area contributed by atoms with Crippen molar-refractivity contribution in [2.45, 2.75) is 12.6 Å². The van der Waals surface area contributed by atoms with Crippen LogP contribution in [0.1, 0.15) is 5.56 Å². The molecule has 1 aromatic heterocycles. The lowest BCUT2D eigenvalue weighted by Crippen LogP contribution is -2.35. The van der Waals surface area contributed by atoms with Crippen LogP contribution in [-0.2, 0) is 16.1 Å². The smallest absolute Gasteiger partial charge is 0.254 e. The molecule has 0 aliphatic heterocycles. The van der Waals surface area contributed by atoms with Gasteiger partial charge in [0.25, 0.3) is 5.91 Å². The molecule has 0 aliphatic rings. The van der Waals surface area contributed by atoms with Gasteiger partial charge in [-0.3, -0.25) is 9.48 Å². The normalized spacial score (nSPS) is 11.5. The number of benzene rings is 1. The van der Waals surface area contributed by atoms with Crippen LogP contribution in [-0.4, -0.2) is 35.4 Å². The van der Waals surface area contributed by atoms with Crippen LogP contribution < -0.4 is 11.1 Å². The molecule has 1 amide bonds. The molecule has 6 nitrogen and oxygen atoms in total. The Morgan fingerprint density at radius 1 is 1.43 bits per heavy atom. The molecule has 1 atom stereocenters. The monoisotopic (exact) mass is 310 g/mol. The second-order valence-electron chi connectivity index (χ2n) is 4.35. The molecule has 114 valence electrons. The highest BCUT2D eigenvalue weighted by atomic mass is 35.5. The number of halogens is 1. The largest absolute Gasteiger partial charge is 0.370 e. The van der Waals surface area contributed by atoms with E-state index in [1.807, 2.05) is 41.2 Å². The van der Waals surface area contributed by atoms with Gasteiger partial charge >= 0.3 is 0 Å². The van der Waals surface area contributed by atoms with Crippen LogP contribution in [0.25, 0.3) is 0 Å². The molecule has 0 aliphatic carbocycles. The summed E-state index contributed by atoms with van der Waals surface area (Å²) in [6.45, 7) is 0.852. The van der Waals surface area contributed by atoms with Crippen molar-refractivity contribution >= 4 is 24.0 Å². The highest BCUT2D eigenvalue weighted by molar-refractivity contribution is 5.94. The maximum Gasteiger partial charge on any atom is 0.254 e. The molecule has 0 fully saturated rings. The topological polar surface area (TPSA) is 82.2 Å². The van der Waals surface area contributed by atoms with Gasteiger partial charge in [-0.05, 0) is 23.8 Å². The number of aromatic nitrogens is 2. The van der Waals surface area contributed by atoms with E-state index in [1.165, 1.54) is 7.11 Å². The minimum absolute atomic E-state index is 0. The lowest BCUT2D eigenvalue weighted by atomic mass is 10.2. The van der Waals surface area contributed by atoms with Crippen LogP contribution in [0, 0.1) is 0 Å². The molecular weight excluding hydrogens is 292 g/mol. The zero-order chi connectivity index (χ0) is 14.4. The Kier molecular flexibility index (Phi) is 6.87. The van der Waals surface area contributed by atoms with E-state index in [2.05, 4.69) is 10.4 Å². The van der Waals surface area contributed by atoms with Crippen LogP contribution >= 0.6 is 12.4 Å². The van der Waals surface area contributed by atoms with Crippen LogP contribution in [0.2, 0.25) is 0 Å². The van der Waals surface area contributed by atoms with Crippen LogP contribution in [0.3, 0.4) is 0 Å². The number of methoxy groups -OCH3 is 1. The highest BCUT2D eigenvalue weighted by Crippen LogP contribution is 2.11. The lowest BCUT2D eigenvalue weighted by molar-refractivity contribution is -0.125. The molecule has 7 heteroatoms. The van der Waals surface area contributed by atoms with E-state index in [9.17, 15) is 4.79 Å². The number of nitrogens with one attached hydrogen (secondary N) is 1. The molecule has 0 saturated heterocycles. The molecule has 0 saturated carbocycles. The van der Waals surface area contributed by atoms with E-state index in [0.717, 1.165) is 11.3 Å². The fraction of sp³-hybridized carbons (Fsp3) is 0.286. The third-order valence-corrected chi connectivity index (χ3v) is 2.92. The summed E-state index contributed by atoms with van der Waals surface area (Å²) in [6, 6.07) is 9.47. The van der Waals surface area contributed by atoms with E-state index in [0.29, 0.717) is 6.54 Å². The van der Waals surface area contributed by atoms with E-state index in [4.69, 9.17) is 10.5 Å². The molecule has 0 radical (unpaired) electrons. The fourth-order valence-corrected chi connectivity index (χ4v) is 1.81. The molecular formula is C14H19ClN4O2. The molecule has 21 heavy (non-hydrogen) atoms. The number of anilines is 1. The molecule has 1 aromatic carbocycles. The summed E-state index contributed by atoms with van der Waals surface area (Å²) in [7, 11) is 1.46. The van der Waals surface area contributed by atoms with Crippen molar-refractivity contribution in [3.8, 4) is 0 Å². The molecule has 3 N–H and O–H groups in total. The van der Waals surface area contributed by atoms with Gasteiger partial charge in [-0.2, -0.15) is 5.10 Å². The number of nitrogens with zero attached hydrogens (tertiary/aromatic N) is 2. The zero-order valence-corrected chi connectivity index (χ0v) is 12.5. The third-order valence-electron chi connectivity index (χ3n) is 2.92.